The number of carbonyl (C=O) groups is 2. The van der Waals surface area contributed by atoms with E-state index in [1.807, 2.05) is 24.3 Å². The fourth-order valence-corrected chi connectivity index (χ4v) is 4.69. The number of carbonyl (C=O) groups excluding carboxylic acids is 2. The van der Waals surface area contributed by atoms with Crippen molar-refractivity contribution in [2.24, 2.45) is 0 Å². The maximum Gasteiger partial charge on any atom is 0.247 e. The van der Waals surface area contributed by atoms with Gasteiger partial charge in [0.1, 0.15) is 18.3 Å². The highest BCUT2D eigenvalue weighted by molar-refractivity contribution is 5.87. The maximum absolute atomic E-state index is 13.6. The minimum Gasteiger partial charge on any atom is -0.497 e. The molecule has 0 radical (unpaired) electrons. The van der Waals surface area contributed by atoms with Crippen LogP contribution in [0.5, 0.6) is 17.2 Å². The number of amides is 2. The SMILES string of the molecule is COc1ccc(CN(C(=O)Cn2nnc(-c3ccc(OC)c(OC)c3)n2)[C@@H](C)C(=O)NC2CCCCC2)cc1. The number of hydrogen-bond acceptors (Lipinski definition) is 8. The van der Waals surface area contributed by atoms with Crippen LogP contribution in [0.4, 0.5) is 0 Å². The fourth-order valence-electron chi connectivity index (χ4n) is 4.69. The highest BCUT2D eigenvalue weighted by atomic mass is 16.5. The van der Waals surface area contributed by atoms with E-state index in [-0.39, 0.29) is 30.9 Å². The monoisotopic (exact) mass is 536 g/mol. The summed E-state index contributed by atoms with van der Waals surface area (Å²) in [4.78, 5) is 29.6. The number of ether oxygens (including phenoxy) is 3. The first-order valence-electron chi connectivity index (χ1n) is 13.1. The summed E-state index contributed by atoms with van der Waals surface area (Å²) in [6.45, 7) is 1.83. The molecule has 3 aromatic rings. The van der Waals surface area contributed by atoms with Crippen molar-refractivity contribution in [3.63, 3.8) is 0 Å². The third-order valence-electron chi connectivity index (χ3n) is 7.00. The predicted octanol–water partition coefficient (Wildman–Crippen LogP) is 3.23. The molecule has 1 atom stereocenters. The third-order valence-corrected chi connectivity index (χ3v) is 7.00. The fraction of sp³-hybridized carbons (Fsp3) is 0.464. The second-order valence-electron chi connectivity index (χ2n) is 9.60. The topological polar surface area (TPSA) is 121 Å². The number of methoxy groups -OCH3 is 3. The Bertz CT molecular complexity index is 1260. The number of benzene rings is 2. The van der Waals surface area contributed by atoms with Gasteiger partial charge in [-0.05, 0) is 60.9 Å². The van der Waals surface area contributed by atoms with Crippen molar-refractivity contribution in [3.8, 4) is 28.6 Å². The number of aromatic nitrogens is 4. The molecule has 0 saturated heterocycles. The van der Waals surface area contributed by atoms with Gasteiger partial charge in [0, 0.05) is 18.2 Å². The predicted molar refractivity (Wildman–Crippen MR) is 144 cm³/mol. The van der Waals surface area contributed by atoms with Crippen molar-refractivity contribution in [2.75, 3.05) is 21.3 Å². The van der Waals surface area contributed by atoms with Crippen LogP contribution < -0.4 is 19.5 Å². The van der Waals surface area contributed by atoms with Gasteiger partial charge in [0.15, 0.2) is 11.5 Å². The summed E-state index contributed by atoms with van der Waals surface area (Å²) in [5.74, 6) is 1.71. The minimum atomic E-state index is -0.685. The Labute approximate surface area is 228 Å². The van der Waals surface area contributed by atoms with Gasteiger partial charge in [0.2, 0.25) is 17.6 Å². The normalized spacial score (nSPS) is 14.4. The van der Waals surface area contributed by atoms with Gasteiger partial charge >= 0.3 is 0 Å². The lowest BCUT2D eigenvalue weighted by molar-refractivity contribution is -0.141. The molecule has 39 heavy (non-hydrogen) atoms. The minimum absolute atomic E-state index is 0.146. The lowest BCUT2D eigenvalue weighted by Crippen LogP contribution is -2.51. The average Bonchev–Trinajstić information content (AvgIpc) is 3.44. The van der Waals surface area contributed by atoms with E-state index in [9.17, 15) is 9.59 Å². The van der Waals surface area contributed by atoms with Crippen molar-refractivity contribution in [3.05, 3.63) is 48.0 Å². The van der Waals surface area contributed by atoms with E-state index < -0.39 is 6.04 Å². The Balaban J connectivity index is 1.51. The van der Waals surface area contributed by atoms with Gasteiger partial charge in [-0.2, -0.15) is 4.80 Å². The molecule has 1 aliphatic carbocycles. The van der Waals surface area contributed by atoms with Gasteiger partial charge < -0.3 is 24.4 Å². The van der Waals surface area contributed by atoms with Crippen LogP contribution in [0.3, 0.4) is 0 Å². The molecule has 1 N–H and O–H groups in total. The van der Waals surface area contributed by atoms with Gasteiger partial charge in [0.25, 0.3) is 0 Å². The van der Waals surface area contributed by atoms with E-state index in [1.54, 1.807) is 51.4 Å². The second-order valence-corrected chi connectivity index (χ2v) is 9.60. The van der Waals surface area contributed by atoms with Crippen LogP contribution >= 0.6 is 0 Å². The summed E-state index contributed by atoms with van der Waals surface area (Å²) in [6.07, 6.45) is 5.34. The van der Waals surface area contributed by atoms with E-state index >= 15 is 0 Å². The lowest BCUT2D eigenvalue weighted by Gasteiger charge is -2.31. The molecule has 0 unspecified atom stereocenters. The first kappa shape index (κ1) is 27.9. The zero-order valence-corrected chi connectivity index (χ0v) is 22.9. The highest BCUT2D eigenvalue weighted by Gasteiger charge is 2.29. The first-order chi connectivity index (χ1) is 18.9. The van der Waals surface area contributed by atoms with Gasteiger partial charge in [0.05, 0.1) is 21.3 Å². The largest absolute Gasteiger partial charge is 0.497 e. The van der Waals surface area contributed by atoms with Crippen LogP contribution in [0, 0.1) is 0 Å². The van der Waals surface area contributed by atoms with Crippen LogP contribution in [0.15, 0.2) is 42.5 Å². The molecule has 1 aromatic heterocycles. The van der Waals surface area contributed by atoms with E-state index in [0.29, 0.717) is 28.6 Å². The van der Waals surface area contributed by atoms with Crippen LogP contribution in [0.25, 0.3) is 11.4 Å². The van der Waals surface area contributed by atoms with E-state index in [0.717, 1.165) is 31.2 Å². The van der Waals surface area contributed by atoms with Crippen molar-refractivity contribution < 1.29 is 23.8 Å². The molecule has 11 nitrogen and oxygen atoms in total. The van der Waals surface area contributed by atoms with E-state index in [2.05, 4.69) is 20.7 Å². The van der Waals surface area contributed by atoms with Gasteiger partial charge in [-0.25, -0.2) is 0 Å². The summed E-state index contributed by atoms with van der Waals surface area (Å²) >= 11 is 0. The Kier molecular flexibility index (Phi) is 9.35. The average molecular weight is 537 g/mol. The molecule has 1 saturated carbocycles. The zero-order valence-electron chi connectivity index (χ0n) is 22.9. The molecular formula is C28H36N6O5. The number of nitrogens with zero attached hydrogens (tertiary/aromatic N) is 5. The molecule has 0 bridgehead atoms. The van der Waals surface area contributed by atoms with Crippen LogP contribution in [-0.4, -0.2) is 70.3 Å². The molecule has 1 fully saturated rings. The summed E-state index contributed by atoms with van der Waals surface area (Å²) in [6, 6.07) is 12.2. The van der Waals surface area contributed by atoms with Crippen LogP contribution in [0.2, 0.25) is 0 Å². The van der Waals surface area contributed by atoms with Crippen molar-refractivity contribution in [1.29, 1.82) is 0 Å². The number of nitrogens with one attached hydrogen (secondary N) is 1. The lowest BCUT2D eigenvalue weighted by atomic mass is 9.95. The Morgan fingerprint density at radius 3 is 2.38 bits per heavy atom. The zero-order chi connectivity index (χ0) is 27.8. The van der Waals surface area contributed by atoms with Gasteiger partial charge in [-0.1, -0.05) is 31.4 Å². The van der Waals surface area contributed by atoms with E-state index in [1.165, 1.54) is 11.2 Å². The summed E-state index contributed by atoms with van der Waals surface area (Å²) in [7, 11) is 4.71. The number of tetrazole rings is 1. The van der Waals surface area contributed by atoms with Crippen molar-refractivity contribution >= 4 is 11.8 Å². The smallest absolute Gasteiger partial charge is 0.247 e. The molecular weight excluding hydrogens is 500 g/mol. The Morgan fingerprint density at radius 1 is 1.00 bits per heavy atom. The van der Waals surface area contributed by atoms with Crippen LogP contribution in [-0.2, 0) is 22.7 Å². The molecule has 1 aliphatic rings. The third kappa shape index (κ3) is 7.04. The number of hydrogen-bond donors (Lipinski definition) is 1. The second kappa shape index (κ2) is 13.1. The molecule has 1 heterocycles. The molecule has 208 valence electrons. The molecule has 11 heteroatoms. The van der Waals surface area contributed by atoms with Crippen LogP contribution in [0.1, 0.15) is 44.6 Å². The molecule has 0 spiro atoms. The van der Waals surface area contributed by atoms with Gasteiger partial charge in [-0.3, -0.25) is 9.59 Å². The molecule has 2 aromatic carbocycles. The number of rotatable bonds is 11. The maximum atomic E-state index is 13.6. The quantitative estimate of drug-likeness (QED) is 0.397. The van der Waals surface area contributed by atoms with Crippen molar-refractivity contribution in [1.82, 2.24) is 30.4 Å². The van der Waals surface area contributed by atoms with Crippen molar-refractivity contribution in [2.45, 2.75) is 64.2 Å². The summed E-state index contributed by atoms with van der Waals surface area (Å²) < 4.78 is 15.9. The van der Waals surface area contributed by atoms with E-state index in [4.69, 9.17) is 14.2 Å². The molecule has 4 rings (SSSR count). The van der Waals surface area contributed by atoms with Gasteiger partial charge in [-0.15, -0.1) is 10.2 Å². The Hall–Kier alpha value is -4.15. The summed E-state index contributed by atoms with van der Waals surface area (Å²) in [5.41, 5.74) is 1.54. The summed E-state index contributed by atoms with van der Waals surface area (Å²) in [5, 5.41) is 15.7. The first-order valence-corrected chi connectivity index (χ1v) is 13.1. The Morgan fingerprint density at radius 2 is 1.72 bits per heavy atom. The molecule has 2 amide bonds. The standard InChI is InChI=1S/C28H36N6O5/c1-19(28(36)29-22-8-6-5-7-9-22)33(17-20-10-13-23(37-2)14-11-20)26(35)18-34-31-27(30-32-34)21-12-15-24(38-3)25(16-21)39-4/h10-16,19,22H,5-9,17-18H2,1-4H3,(H,29,36)/t19-/m0/s1. The highest BCUT2D eigenvalue weighted by Crippen LogP contribution is 2.30. The molecule has 0 aliphatic heterocycles.